The Hall–Kier alpha value is 0.120. The Bertz CT molecular complexity index is 212. The summed E-state index contributed by atoms with van der Waals surface area (Å²) in [5.41, 5.74) is 0. The highest BCUT2D eigenvalue weighted by molar-refractivity contribution is 14.1. The number of alkyl halides is 1. The van der Waals surface area contributed by atoms with E-state index < -0.39 is 0 Å². The van der Waals surface area contributed by atoms with Crippen LogP contribution >= 0.6 is 22.6 Å². The molecule has 0 heterocycles. The standard InChI is InChI=1S/C15H29IO4/c1-2-3-4-5-6-7-8-15(17)20-14-13-19-12-11-18-10-9-16/h2-14H2,1H3. The molecule has 5 heteroatoms. The van der Waals surface area contributed by atoms with Crippen LogP contribution in [0.25, 0.3) is 0 Å². The van der Waals surface area contributed by atoms with Crippen molar-refractivity contribution in [2.24, 2.45) is 0 Å². The Balaban J connectivity index is 3.12. The first kappa shape index (κ1) is 20.1. The van der Waals surface area contributed by atoms with Crippen LogP contribution in [-0.2, 0) is 19.0 Å². The summed E-state index contributed by atoms with van der Waals surface area (Å²) in [5, 5.41) is 0. The average Bonchev–Trinajstić information content (AvgIpc) is 2.45. The van der Waals surface area contributed by atoms with E-state index in [1.54, 1.807) is 0 Å². The van der Waals surface area contributed by atoms with Gasteiger partial charge >= 0.3 is 5.97 Å². The molecule has 0 aliphatic carbocycles. The topological polar surface area (TPSA) is 44.8 Å². The molecule has 0 atom stereocenters. The molecule has 0 spiro atoms. The molecule has 20 heavy (non-hydrogen) atoms. The summed E-state index contributed by atoms with van der Waals surface area (Å²) in [6.45, 7) is 4.93. The number of carbonyl (C=O) groups excluding carboxylic acids is 1. The number of rotatable bonds is 15. The van der Waals surface area contributed by atoms with E-state index in [9.17, 15) is 4.79 Å². The van der Waals surface area contributed by atoms with Crippen molar-refractivity contribution < 1.29 is 19.0 Å². The fourth-order valence-electron chi connectivity index (χ4n) is 1.71. The number of carbonyl (C=O) groups is 1. The molecule has 0 bridgehead atoms. The van der Waals surface area contributed by atoms with Gasteiger partial charge < -0.3 is 14.2 Å². The van der Waals surface area contributed by atoms with Gasteiger partial charge in [-0.2, -0.15) is 0 Å². The number of halogens is 1. The molecule has 0 aliphatic heterocycles. The van der Waals surface area contributed by atoms with E-state index in [0.717, 1.165) is 23.9 Å². The van der Waals surface area contributed by atoms with Crippen LogP contribution in [0.4, 0.5) is 0 Å². The Kier molecular flexibility index (Phi) is 17.3. The van der Waals surface area contributed by atoms with Crippen LogP contribution in [-0.4, -0.2) is 43.4 Å². The zero-order valence-electron chi connectivity index (χ0n) is 12.7. The van der Waals surface area contributed by atoms with Crippen molar-refractivity contribution in [2.45, 2.75) is 51.9 Å². The molecule has 0 amide bonds. The third kappa shape index (κ3) is 16.2. The van der Waals surface area contributed by atoms with Gasteiger partial charge in [0, 0.05) is 10.8 Å². The first-order chi connectivity index (χ1) is 9.81. The molecular formula is C15H29IO4. The minimum atomic E-state index is -0.106. The summed E-state index contributed by atoms with van der Waals surface area (Å²) in [5.74, 6) is -0.106. The van der Waals surface area contributed by atoms with Crippen molar-refractivity contribution in [3.8, 4) is 0 Å². The quantitative estimate of drug-likeness (QED) is 0.182. The molecule has 0 radical (unpaired) electrons. The van der Waals surface area contributed by atoms with Crippen LogP contribution in [0.5, 0.6) is 0 Å². The van der Waals surface area contributed by atoms with Crippen LogP contribution in [0.1, 0.15) is 51.9 Å². The highest BCUT2D eigenvalue weighted by Gasteiger charge is 2.02. The van der Waals surface area contributed by atoms with E-state index in [4.69, 9.17) is 14.2 Å². The van der Waals surface area contributed by atoms with Crippen molar-refractivity contribution in [3.05, 3.63) is 0 Å². The summed E-state index contributed by atoms with van der Waals surface area (Å²) in [6.07, 6.45) is 7.65. The van der Waals surface area contributed by atoms with Crippen LogP contribution < -0.4 is 0 Å². The van der Waals surface area contributed by atoms with Gasteiger partial charge in [0.1, 0.15) is 6.61 Å². The van der Waals surface area contributed by atoms with Crippen LogP contribution in [0.3, 0.4) is 0 Å². The second-order valence-electron chi connectivity index (χ2n) is 4.65. The molecule has 120 valence electrons. The van der Waals surface area contributed by atoms with E-state index in [2.05, 4.69) is 29.5 Å². The highest BCUT2D eigenvalue weighted by atomic mass is 127. The van der Waals surface area contributed by atoms with Gasteiger partial charge in [0.2, 0.25) is 0 Å². The zero-order valence-corrected chi connectivity index (χ0v) is 14.9. The third-order valence-electron chi connectivity index (χ3n) is 2.82. The van der Waals surface area contributed by atoms with Crippen molar-refractivity contribution in [2.75, 3.05) is 37.5 Å². The monoisotopic (exact) mass is 400 g/mol. The number of unbranched alkanes of at least 4 members (excludes halogenated alkanes) is 5. The second kappa shape index (κ2) is 17.2. The summed E-state index contributed by atoms with van der Waals surface area (Å²) < 4.78 is 16.6. The Morgan fingerprint density at radius 2 is 1.45 bits per heavy atom. The highest BCUT2D eigenvalue weighted by Crippen LogP contribution is 2.07. The van der Waals surface area contributed by atoms with Crippen molar-refractivity contribution in [1.29, 1.82) is 0 Å². The number of hydrogen-bond acceptors (Lipinski definition) is 4. The molecule has 0 aromatic carbocycles. The Morgan fingerprint density at radius 1 is 0.850 bits per heavy atom. The maximum atomic E-state index is 11.4. The molecular weight excluding hydrogens is 371 g/mol. The largest absolute Gasteiger partial charge is 0.463 e. The van der Waals surface area contributed by atoms with Crippen molar-refractivity contribution in [3.63, 3.8) is 0 Å². The lowest BCUT2D eigenvalue weighted by molar-refractivity contribution is -0.145. The molecule has 0 aromatic heterocycles. The van der Waals surface area contributed by atoms with Gasteiger partial charge in [-0.1, -0.05) is 61.6 Å². The lowest BCUT2D eigenvalue weighted by Crippen LogP contribution is -2.13. The number of hydrogen-bond donors (Lipinski definition) is 0. The molecule has 0 saturated carbocycles. The van der Waals surface area contributed by atoms with Gasteiger partial charge in [0.15, 0.2) is 0 Å². The first-order valence-electron chi connectivity index (χ1n) is 7.68. The molecule has 0 rings (SSSR count). The predicted octanol–water partition coefficient (Wildman–Crippen LogP) is 3.75. The fraction of sp³-hybridized carbons (Fsp3) is 0.933. The SMILES string of the molecule is CCCCCCCCC(=O)OCCOCCOCCI. The van der Waals surface area contributed by atoms with Crippen LogP contribution in [0.15, 0.2) is 0 Å². The van der Waals surface area contributed by atoms with Gasteiger partial charge in [0.25, 0.3) is 0 Å². The smallest absolute Gasteiger partial charge is 0.305 e. The third-order valence-corrected chi connectivity index (χ3v) is 3.26. The Morgan fingerprint density at radius 3 is 2.15 bits per heavy atom. The average molecular weight is 400 g/mol. The Labute approximate surface area is 137 Å². The number of esters is 1. The molecule has 0 aliphatic rings. The van der Waals surface area contributed by atoms with Gasteiger partial charge in [0.05, 0.1) is 26.4 Å². The summed E-state index contributed by atoms with van der Waals surface area (Å²) >= 11 is 2.27. The lowest BCUT2D eigenvalue weighted by atomic mass is 10.1. The molecule has 4 nitrogen and oxygen atoms in total. The second-order valence-corrected chi connectivity index (χ2v) is 5.73. The van der Waals surface area contributed by atoms with Gasteiger partial charge in [-0.25, -0.2) is 0 Å². The number of ether oxygens (including phenoxy) is 3. The van der Waals surface area contributed by atoms with E-state index >= 15 is 0 Å². The van der Waals surface area contributed by atoms with Gasteiger partial charge in [-0.15, -0.1) is 0 Å². The lowest BCUT2D eigenvalue weighted by Gasteiger charge is -2.06. The summed E-state index contributed by atoms with van der Waals surface area (Å²) in [4.78, 5) is 11.4. The summed E-state index contributed by atoms with van der Waals surface area (Å²) in [7, 11) is 0. The minimum Gasteiger partial charge on any atom is -0.463 e. The molecule has 0 aromatic rings. The molecule has 0 unspecified atom stereocenters. The molecule has 0 saturated heterocycles. The predicted molar refractivity (Wildman–Crippen MR) is 89.5 cm³/mol. The maximum Gasteiger partial charge on any atom is 0.305 e. The van der Waals surface area contributed by atoms with Crippen LogP contribution in [0.2, 0.25) is 0 Å². The maximum absolute atomic E-state index is 11.4. The van der Waals surface area contributed by atoms with Gasteiger partial charge in [-0.3, -0.25) is 4.79 Å². The molecule has 0 fully saturated rings. The van der Waals surface area contributed by atoms with Crippen molar-refractivity contribution >= 4 is 28.6 Å². The van der Waals surface area contributed by atoms with Gasteiger partial charge in [-0.05, 0) is 6.42 Å². The van der Waals surface area contributed by atoms with E-state index in [-0.39, 0.29) is 5.97 Å². The van der Waals surface area contributed by atoms with Crippen molar-refractivity contribution in [1.82, 2.24) is 0 Å². The first-order valence-corrected chi connectivity index (χ1v) is 9.21. The zero-order chi connectivity index (χ0) is 14.9. The summed E-state index contributed by atoms with van der Waals surface area (Å²) in [6, 6.07) is 0. The fourth-order valence-corrected chi connectivity index (χ4v) is 2.02. The van der Waals surface area contributed by atoms with Crippen LogP contribution in [0, 0.1) is 0 Å². The molecule has 0 N–H and O–H groups in total. The van der Waals surface area contributed by atoms with E-state index in [0.29, 0.717) is 32.8 Å². The normalized spacial score (nSPS) is 10.7. The van der Waals surface area contributed by atoms with E-state index in [1.165, 1.54) is 25.7 Å². The minimum absolute atomic E-state index is 0.106. The van der Waals surface area contributed by atoms with E-state index in [1.807, 2.05) is 0 Å².